The summed E-state index contributed by atoms with van der Waals surface area (Å²) in [7, 11) is -3.93. The Bertz CT molecular complexity index is 808. The lowest BCUT2D eigenvalue weighted by atomic mass is 10.2. The Kier molecular flexibility index (Phi) is 8.23. The monoisotopic (exact) mass is 432 g/mol. The normalized spacial score (nSPS) is 17.9. The molecule has 1 saturated heterocycles. The van der Waals surface area contributed by atoms with Gasteiger partial charge in [0.05, 0.1) is 16.7 Å². The molecule has 2 rings (SSSR count). The van der Waals surface area contributed by atoms with Gasteiger partial charge in [0.15, 0.2) is 6.61 Å². The number of carbonyl (C=O) groups is 2. The van der Waals surface area contributed by atoms with Gasteiger partial charge in [-0.3, -0.25) is 4.79 Å². The number of carbonyl (C=O) groups excluding carboxylic acids is 2. The summed E-state index contributed by atoms with van der Waals surface area (Å²) >= 11 is 6.01. The third-order valence-corrected chi connectivity index (χ3v) is 6.24. The third-order valence-electron chi connectivity index (χ3n) is 4.34. The molecule has 1 amide bonds. The Labute approximate surface area is 170 Å². The molecule has 1 aromatic carbocycles. The molecule has 8 nitrogen and oxygen atoms in total. The van der Waals surface area contributed by atoms with Crippen LogP contribution in [-0.4, -0.2) is 52.2 Å². The maximum absolute atomic E-state index is 12.5. The predicted molar refractivity (Wildman–Crippen MR) is 104 cm³/mol. The maximum Gasteiger partial charge on any atom is 0.338 e. The van der Waals surface area contributed by atoms with Crippen molar-refractivity contribution in [2.45, 2.75) is 50.2 Å². The van der Waals surface area contributed by atoms with Crippen molar-refractivity contribution in [3.8, 4) is 0 Å². The van der Waals surface area contributed by atoms with Gasteiger partial charge in [0.2, 0.25) is 10.0 Å². The first-order valence-electron chi connectivity index (χ1n) is 9.10. The molecular formula is C18H25ClN2O6S. The second kappa shape index (κ2) is 10.2. The minimum Gasteiger partial charge on any atom is -0.452 e. The highest BCUT2D eigenvalue weighted by molar-refractivity contribution is 7.89. The standard InChI is InChI=1S/C18H25ClN2O6S/c1-3-12(2)21-17(22)11-27-18(23)13-6-7-15(19)16(9-13)28(24,25)20-10-14-5-4-8-26-14/h6-7,9,12,14,20H,3-5,8,10-11H2,1-2H3,(H,21,22)/t12-,14+/m0/s1. The minimum absolute atomic E-state index is 0.0155. The van der Waals surface area contributed by atoms with Crippen LogP contribution in [-0.2, 0) is 24.3 Å². The molecule has 0 spiro atoms. The first-order valence-corrected chi connectivity index (χ1v) is 11.0. The topological polar surface area (TPSA) is 111 Å². The van der Waals surface area contributed by atoms with E-state index < -0.39 is 28.5 Å². The molecule has 1 aliphatic rings. The van der Waals surface area contributed by atoms with Crippen LogP contribution in [0.25, 0.3) is 0 Å². The number of nitrogens with one attached hydrogen (secondary N) is 2. The van der Waals surface area contributed by atoms with E-state index in [1.54, 1.807) is 0 Å². The van der Waals surface area contributed by atoms with Crippen LogP contribution in [0.15, 0.2) is 23.1 Å². The maximum atomic E-state index is 12.5. The summed E-state index contributed by atoms with van der Waals surface area (Å²) in [4.78, 5) is 23.7. The Balaban J connectivity index is 2.02. The van der Waals surface area contributed by atoms with Crippen LogP contribution < -0.4 is 10.0 Å². The summed E-state index contributed by atoms with van der Waals surface area (Å²) in [6.07, 6.45) is 2.24. The lowest BCUT2D eigenvalue weighted by molar-refractivity contribution is -0.124. The number of benzene rings is 1. The molecule has 0 unspecified atom stereocenters. The van der Waals surface area contributed by atoms with Crippen molar-refractivity contribution in [1.29, 1.82) is 0 Å². The van der Waals surface area contributed by atoms with Crippen molar-refractivity contribution < 1.29 is 27.5 Å². The molecule has 0 aromatic heterocycles. The van der Waals surface area contributed by atoms with Crippen LogP contribution in [0.3, 0.4) is 0 Å². The van der Waals surface area contributed by atoms with Gasteiger partial charge in [-0.2, -0.15) is 0 Å². The molecule has 2 N–H and O–H groups in total. The number of halogens is 1. The zero-order valence-corrected chi connectivity index (χ0v) is 17.4. The van der Waals surface area contributed by atoms with Gasteiger partial charge in [0.25, 0.3) is 5.91 Å². The zero-order valence-electron chi connectivity index (χ0n) is 15.9. The summed E-state index contributed by atoms with van der Waals surface area (Å²) in [5.41, 5.74) is -0.0155. The highest BCUT2D eigenvalue weighted by Crippen LogP contribution is 2.23. The fourth-order valence-electron chi connectivity index (χ4n) is 2.55. The zero-order chi connectivity index (χ0) is 20.7. The number of amides is 1. The summed E-state index contributed by atoms with van der Waals surface area (Å²) in [5.74, 6) is -1.24. The quantitative estimate of drug-likeness (QED) is 0.576. The van der Waals surface area contributed by atoms with E-state index >= 15 is 0 Å². The highest BCUT2D eigenvalue weighted by Gasteiger charge is 2.24. The third kappa shape index (κ3) is 6.44. The van der Waals surface area contributed by atoms with Crippen LogP contribution in [0.4, 0.5) is 0 Å². The van der Waals surface area contributed by atoms with E-state index in [0.29, 0.717) is 6.61 Å². The molecule has 156 valence electrons. The SMILES string of the molecule is CC[C@H](C)NC(=O)COC(=O)c1ccc(Cl)c(S(=O)(=O)NC[C@H]2CCCO2)c1. The molecular weight excluding hydrogens is 408 g/mol. The molecule has 28 heavy (non-hydrogen) atoms. The summed E-state index contributed by atoms with van der Waals surface area (Å²) < 4.78 is 37.9. The first kappa shape index (κ1) is 22.6. The smallest absolute Gasteiger partial charge is 0.338 e. The second-order valence-electron chi connectivity index (χ2n) is 6.59. The molecule has 2 atom stereocenters. The van der Waals surface area contributed by atoms with E-state index in [1.165, 1.54) is 12.1 Å². The van der Waals surface area contributed by atoms with E-state index in [1.807, 2.05) is 13.8 Å². The molecule has 0 saturated carbocycles. The largest absolute Gasteiger partial charge is 0.452 e. The average Bonchev–Trinajstić information content (AvgIpc) is 3.18. The lowest BCUT2D eigenvalue weighted by Gasteiger charge is -2.13. The molecule has 0 radical (unpaired) electrons. The predicted octanol–water partition coefficient (Wildman–Crippen LogP) is 1.87. The van der Waals surface area contributed by atoms with Gasteiger partial charge in [-0.25, -0.2) is 17.9 Å². The van der Waals surface area contributed by atoms with Crippen molar-refractivity contribution in [2.75, 3.05) is 19.8 Å². The second-order valence-corrected chi connectivity index (χ2v) is 8.73. The van der Waals surface area contributed by atoms with Gasteiger partial charge < -0.3 is 14.8 Å². The first-order chi connectivity index (χ1) is 13.2. The molecule has 10 heteroatoms. The fraction of sp³-hybridized carbons (Fsp3) is 0.556. The fourth-order valence-corrected chi connectivity index (χ4v) is 4.14. The van der Waals surface area contributed by atoms with Crippen molar-refractivity contribution >= 4 is 33.5 Å². The summed E-state index contributed by atoms with van der Waals surface area (Å²) in [6.45, 7) is 4.03. The van der Waals surface area contributed by atoms with E-state index in [4.69, 9.17) is 21.1 Å². The Morgan fingerprint density at radius 3 is 2.79 bits per heavy atom. The number of hydrogen-bond acceptors (Lipinski definition) is 6. The minimum atomic E-state index is -3.93. The van der Waals surface area contributed by atoms with Gasteiger partial charge in [-0.15, -0.1) is 0 Å². The Morgan fingerprint density at radius 1 is 1.39 bits per heavy atom. The molecule has 1 aliphatic heterocycles. The Hall–Kier alpha value is -1.68. The van der Waals surface area contributed by atoms with E-state index in [0.717, 1.165) is 25.3 Å². The van der Waals surface area contributed by atoms with E-state index in [9.17, 15) is 18.0 Å². The average molecular weight is 433 g/mol. The number of sulfonamides is 1. The number of ether oxygens (including phenoxy) is 2. The number of rotatable bonds is 9. The van der Waals surface area contributed by atoms with Gasteiger partial charge >= 0.3 is 5.97 Å². The van der Waals surface area contributed by atoms with Crippen molar-refractivity contribution in [3.63, 3.8) is 0 Å². The van der Waals surface area contributed by atoms with Crippen LogP contribution in [0.2, 0.25) is 5.02 Å². The molecule has 0 bridgehead atoms. The van der Waals surface area contributed by atoms with Gasteiger partial charge in [0, 0.05) is 19.2 Å². The summed E-state index contributed by atoms with van der Waals surface area (Å²) in [5, 5.41) is 2.65. The van der Waals surface area contributed by atoms with Crippen LogP contribution in [0.1, 0.15) is 43.5 Å². The lowest BCUT2D eigenvalue weighted by Crippen LogP contribution is -2.35. The Morgan fingerprint density at radius 2 is 2.14 bits per heavy atom. The van der Waals surface area contributed by atoms with Crippen LogP contribution >= 0.6 is 11.6 Å². The van der Waals surface area contributed by atoms with Gasteiger partial charge in [-0.1, -0.05) is 18.5 Å². The highest BCUT2D eigenvalue weighted by atomic mass is 35.5. The van der Waals surface area contributed by atoms with Crippen molar-refractivity contribution in [1.82, 2.24) is 10.0 Å². The molecule has 1 fully saturated rings. The number of esters is 1. The number of hydrogen-bond donors (Lipinski definition) is 2. The van der Waals surface area contributed by atoms with Gasteiger partial charge in [-0.05, 0) is 44.4 Å². The summed E-state index contributed by atoms with van der Waals surface area (Å²) in [6, 6.07) is 3.75. The molecule has 1 aromatic rings. The van der Waals surface area contributed by atoms with Crippen LogP contribution in [0, 0.1) is 0 Å². The van der Waals surface area contributed by atoms with Crippen molar-refractivity contribution in [2.24, 2.45) is 0 Å². The van der Waals surface area contributed by atoms with Gasteiger partial charge in [0.1, 0.15) is 4.90 Å². The van der Waals surface area contributed by atoms with E-state index in [2.05, 4.69) is 10.0 Å². The molecule has 0 aliphatic carbocycles. The molecule has 1 heterocycles. The van der Waals surface area contributed by atoms with Crippen LogP contribution in [0.5, 0.6) is 0 Å². The van der Waals surface area contributed by atoms with E-state index in [-0.39, 0.29) is 34.2 Å². The van der Waals surface area contributed by atoms with Crippen molar-refractivity contribution in [3.05, 3.63) is 28.8 Å².